The largest absolute Gasteiger partial charge is 0.462 e. The van der Waals surface area contributed by atoms with Gasteiger partial charge in [0.25, 0.3) is 0 Å². The molecule has 0 spiro atoms. The van der Waals surface area contributed by atoms with Crippen LogP contribution in [0.1, 0.15) is 38.8 Å². The van der Waals surface area contributed by atoms with E-state index in [1.165, 1.54) is 18.7 Å². The highest BCUT2D eigenvalue weighted by molar-refractivity contribution is 7.98. The summed E-state index contributed by atoms with van der Waals surface area (Å²) in [5, 5.41) is 11.4. The van der Waals surface area contributed by atoms with E-state index in [1.54, 1.807) is 13.1 Å². The summed E-state index contributed by atoms with van der Waals surface area (Å²) in [6.45, 7) is 3.39. The van der Waals surface area contributed by atoms with Crippen molar-refractivity contribution in [2.75, 3.05) is 6.26 Å². The minimum atomic E-state index is -0.619. The Labute approximate surface area is 133 Å². The second-order valence-electron chi connectivity index (χ2n) is 5.38. The highest BCUT2D eigenvalue weighted by Crippen LogP contribution is 2.45. The van der Waals surface area contributed by atoms with Gasteiger partial charge < -0.3 is 10.1 Å². The lowest BCUT2D eigenvalue weighted by Gasteiger charge is -2.43. The predicted octanol–water partition coefficient (Wildman–Crippen LogP) is 1.33. The van der Waals surface area contributed by atoms with Crippen LogP contribution in [0.5, 0.6) is 0 Å². The first kappa shape index (κ1) is 16.7. The molecule has 1 aromatic rings. The summed E-state index contributed by atoms with van der Waals surface area (Å²) in [5.41, 5.74) is -0.0214. The molecule has 1 fully saturated rings. The Kier molecular flexibility index (Phi) is 5.33. The molecule has 0 aliphatic heterocycles. The number of ether oxygens (including phenoxy) is 1. The normalized spacial score (nSPS) is 17.2. The third-order valence-corrected chi connectivity index (χ3v) is 4.57. The number of carbonyl (C=O) groups excluding carboxylic acids is 2. The van der Waals surface area contributed by atoms with Crippen LogP contribution in [0, 0.1) is 5.41 Å². The Morgan fingerprint density at radius 3 is 2.64 bits per heavy atom. The molecule has 1 N–H and O–H groups in total. The molecule has 1 aliphatic carbocycles. The van der Waals surface area contributed by atoms with Gasteiger partial charge in [0, 0.05) is 6.92 Å². The van der Waals surface area contributed by atoms with Crippen LogP contribution >= 0.6 is 11.8 Å². The number of aromatic nitrogens is 3. The Hall–Kier alpha value is -1.70. The molecule has 1 amide bonds. The van der Waals surface area contributed by atoms with Crippen LogP contribution < -0.4 is 5.32 Å². The molecule has 2 rings (SSSR count). The Morgan fingerprint density at radius 2 is 2.18 bits per heavy atom. The molecular weight excluding hydrogens is 304 g/mol. The maximum atomic E-state index is 12.5. The van der Waals surface area contributed by atoms with Gasteiger partial charge in [-0.25, -0.2) is 4.98 Å². The summed E-state index contributed by atoms with van der Waals surface area (Å²) in [5.74, 6) is -0.475. The van der Waals surface area contributed by atoms with Gasteiger partial charge in [0.1, 0.15) is 11.8 Å². The van der Waals surface area contributed by atoms with E-state index in [-0.39, 0.29) is 18.4 Å². The van der Waals surface area contributed by atoms with Gasteiger partial charge in [-0.3, -0.25) is 9.59 Å². The third-order valence-electron chi connectivity index (χ3n) is 4.02. The fourth-order valence-electron chi connectivity index (χ4n) is 2.55. The fourth-order valence-corrected chi connectivity index (χ4v) is 2.83. The molecule has 8 heteroatoms. The Bertz CT molecular complexity index is 546. The SMILES string of the molecule is CSc1ncc(CNC(=O)C2(C(C)OC(C)=O)CCC2)nn1. The second-order valence-corrected chi connectivity index (χ2v) is 6.15. The van der Waals surface area contributed by atoms with Gasteiger partial charge >= 0.3 is 5.97 Å². The Balaban J connectivity index is 1.95. The topological polar surface area (TPSA) is 94.1 Å². The zero-order valence-electron chi connectivity index (χ0n) is 13.0. The van der Waals surface area contributed by atoms with Crippen LogP contribution in [-0.4, -0.2) is 39.4 Å². The van der Waals surface area contributed by atoms with Crippen molar-refractivity contribution in [1.82, 2.24) is 20.5 Å². The average Bonchev–Trinajstić information content (AvgIpc) is 2.43. The van der Waals surface area contributed by atoms with Gasteiger partial charge in [0.15, 0.2) is 0 Å². The third kappa shape index (κ3) is 3.55. The number of carbonyl (C=O) groups is 2. The van der Waals surface area contributed by atoms with E-state index < -0.39 is 11.5 Å². The number of rotatable bonds is 6. The zero-order chi connectivity index (χ0) is 16.2. The van der Waals surface area contributed by atoms with E-state index in [4.69, 9.17) is 4.74 Å². The van der Waals surface area contributed by atoms with Crippen LogP contribution in [0.3, 0.4) is 0 Å². The summed E-state index contributed by atoms with van der Waals surface area (Å²) in [7, 11) is 0. The monoisotopic (exact) mass is 324 g/mol. The van der Waals surface area contributed by atoms with E-state index >= 15 is 0 Å². The number of nitrogens with one attached hydrogen (secondary N) is 1. The van der Waals surface area contributed by atoms with E-state index in [2.05, 4.69) is 20.5 Å². The van der Waals surface area contributed by atoms with E-state index in [0.717, 1.165) is 19.3 Å². The van der Waals surface area contributed by atoms with Crippen molar-refractivity contribution in [2.24, 2.45) is 5.41 Å². The summed E-state index contributed by atoms with van der Waals surface area (Å²) in [4.78, 5) is 27.7. The molecule has 1 atom stereocenters. The molecule has 0 saturated heterocycles. The number of amides is 1. The highest BCUT2D eigenvalue weighted by Gasteiger charge is 2.50. The first-order chi connectivity index (χ1) is 10.5. The molecule has 7 nitrogen and oxygen atoms in total. The number of esters is 1. The van der Waals surface area contributed by atoms with Gasteiger partial charge in [-0.15, -0.1) is 10.2 Å². The molecule has 22 heavy (non-hydrogen) atoms. The highest BCUT2D eigenvalue weighted by atomic mass is 32.2. The number of nitrogens with zero attached hydrogens (tertiary/aromatic N) is 3. The molecule has 1 saturated carbocycles. The standard InChI is InChI=1S/C14H20N4O3S/c1-9(21-10(2)19)14(5-4-6-14)12(20)15-7-11-8-16-13(22-3)18-17-11/h8-9H,4-7H2,1-3H3,(H,15,20). The van der Waals surface area contributed by atoms with Crippen molar-refractivity contribution >= 4 is 23.6 Å². The first-order valence-corrected chi connectivity index (χ1v) is 8.38. The predicted molar refractivity (Wildman–Crippen MR) is 81.0 cm³/mol. The van der Waals surface area contributed by atoms with Crippen LogP contribution in [0.15, 0.2) is 11.4 Å². The van der Waals surface area contributed by atoms with Gasteiger partial charge in [-0.05, 0) is 26.0 Å². The van der Waals surface area contributed by atoms with E-state index in [9.17, 15) is 9.59 Å². The fraction of sp³-hybridized carbons (Fsp3) is 0.643. The molecule has 0 radical (unpaired) electrons. The Morgan fingerprint density at radius 1 is 1.45 bits per heavy atom. The number of thioether (sulfide) groups is 1. The van der Waals surface area contributed by atoms with Gasteiger partial charge in [-0.1, -0.05) is 18.2 Å². The van der Waals surface area contributed by atoms with Gasteiger partial charge in [0.05, 0.1) is 18.2 Å². The maximum absolute atomic E-state index is 12.5. The van der Waals surface area contributed by atoms with Crippen molar-refractivity contribution in [3.63, 3.8) is 0 Å². The van der Waals surface area contributed by atoms with Crippen LogP contribution in [0.4, 0.5) is 0 Å². The first-order valence-electron chi connectivity index (χ1n) is 7.16. The van der Waals surface area contributed by atoms with Crippen molar-refractivity contribution in [2.45, 2.75) is 50.9 Å². The van der Waals surface area contributed by atoms with Crippen molar-refractivity contribution in [1.29, 1.82) is 0 Å². The summed E-state index contributed by atoms with van der Waals surface area (Å²) < 4.78 is 5.22. The van der Waals surface area contributed by atoms with Crippen molar-refractivity contribution in [3.8, 4) is 0 Å². The molecule has 1 aliphatic rings. The van der Waals surface area contributed by atoms with Crippen molar-refractivity contribution < 1.29 is 14.3 Å². The minimum absolute atomic E-state index is 0.108. The lowest BCUT2D eigenvalue weighted by Crippen LogP contribution is -2.53. The minimum Gasteiger partial charge on any atom is -0.462 e. The lowest BCUT2D eigenvalue weighted by molar-refractivity contribution is -0.164. The number of hydrogen-bond donors (Lipinski definition) is 1. The number of hydrogen-bond acceptors (Lipinski definition) is 7. The van der Waals surface area contributed by atoms with E-state index in [0.29, 0.717) is 10.9 Å². The van der Waals surface area contributed by atoms with Crippen molar-refractivity contribution in [3.05, 3.63) is 11.9 Å². The molecule has 120 valence electrons. The molecule has 1 heterocycles. The van der Waals surface area contributed by atoms with Crippen LogP contribution in [0.25, 0.3) is 0 Å². The van der Waals surface area contributed by atoms with Gasteiger partial charge in [0.2, 0.25) is 11.1 Å². The quantitative estimate of drug-likeness (QED) is 0.623. The summed E-state index contributed by atoms with van der Waals surface area (Å²) in [6, 6.07) is 0. The van der Waals surface area contributed by atoms with Gasteiger partial charge in [-0.2, -0.15) is 0 Å². The molecule has 1 unspecified atom stereocenters. The summed E-state index contributed by atoms with van der Waals surface area (Å²) in [6.07, 6.45) is 5.45. The smallest absolute Gasteiger partial charge is 0.302 e. The lowest BCUT2D eigenvalue weighted by atomic mass is 9.64. The second kappa shape index (κ2) is 7.04. The average molecular weight is 324 g/mol. The molecular formula is C14H20N4O3S. The maximum Gasteiger partial charge on any atom is 0.302 e. The molecule has 1 aromatic heterocycles. The molecule has 0 aromatic carbocycles. The molecule has 0 bridgehead atoms. The van der Waals surface area contributed by atoms with E-state index in [1.807, 2.05) is 6.26 Å². The van der Waals surface area contributed by atoms with Crippen LogP contribution in [-0.2, 0) is 20.9 Å². The van der Waals surface area contributed by atoms with Crippen LogP contribution in [0.2, 0.25) is 0 Å². The summed E-state index contributed by atoms with van der Waals surface area (Å²) >= 11 is 1.41. The zero-order valence-corrected chi connectivity index (χ0v) is 13.8.